The van der Waals surface area contributed by atoms with Gasteiger partial charge in [0.2, 0.25) is 11.8 Å². The third-order valence-corrected chi connectivity index (χ3v) is 5.84. The number of allylic oxidation sites excluding steroid dienone is 1. The van der Waals surface area contributed by atoms with Gasteiger partial charge in [-0.1, -0.05) is 49.4 Å². The van der Waals surface area contributed by atoms with Crippen molar-refractivity contribution in [3.8, 4) is 5.75 Å². The van der Waals surface area contributed by atoms with Gasteiger partial charge in [-0.15, -0.1) is 0 Å². The van der Waals surface area contributed by atoms with Crippen molar-refractivity contribution in [1.29, 1.82) is 0 Å². The van der Waals surface area contributed by atoms with Gasteiger partial charge in [0.05, 0.1) is 6.42 Å². The fourth-order valence-corrected chi connectivity index (χ4v) is 3.79. The summed E-state index contributed by atoms with van der Waals surface area (Å²) in [7, 11) is 0. The molecule has 2 unspecified atom stereocenters. The lowest BCUT2D eigenvalue weighted by molar-refractivity contribution is -0.121. The van der Waals surface area contributed by atoms with Crippen molar-refractivity contribution in [2.75, 3.05) is 18.0 Å². The molecule has 1 aliphatic carbocycles. The first-order chi connectivity index (χ1) is 16.0. The van der Waals surface area contributed by atoms with E-state index in [0.717, 1.165) is 36.3 Å². The minimum Gasteiger partial charge on any atom is -0.489 e. The van der Waals surface area contributed by atoms with E-state index in [9.17, 15) is 9.59 Å². The van der Waals surface area contributed by atoms with Crippen LogP contribution in [0, 0.1) is 12.3 Å². The van der Waals surface area contributed by atoms with E-state index in [0.29, 0.717) is 32.2 Å². The molecule has 1 aliphatic rings. The maximum Gasteiger partial charge on any atom is 0.224 e. The Morgan fingerprint density at radius 2 is 1.94 bits per heavy atom. The number of primary amides is 1. The molecule has 3 N–H and O–H groups in total. The zero-order valence-electron chi connectivity index (χ0n) is 19.3. The van der Waals surface area contributed by atoms with Crippen molar-refractivity contribution < 1.29 is 14.3 Å². The number of nitrogens with one attached hydrogen (secondary N) is 1. The van der Waals surface area contributed by atoms with Crippen molar-refractivity contribution in [2.24, 2.45) is 11.7 Å². The Balaban J connectivity index is 1.56. The predicted octanol–water partition coefficient (Wildman–Crippen LogP) is 4.01. The molecule has 2 aromatic rings. The second-order valence-electron chi connectivity index (χ2n) is 8.42. The molecule has 2 aromatic carbocycles. The highest BCUT2D eigenvalue weighted by atomic mass is 16.5. The topological polar surface area (TPSA) is 84.7 Å². The predicted molar refractivity (Wildman–Crippen MR) is 132 cm³/mol. The monoisotopic (exact) mass is 448 g/mol. The zero-order chi connectivity index (χ0) is 23.5. The van der Waals surface area contributed by atoms with E-state index in [1.54, 1.807) is 6.92 Å². The van der Waals surface area contributed by atoms with Crippen LogP contribution in [-0.2, 0) is 16.2 Å². The van der Waals surface area contributed by atoms with Gasteiger partial charge in [0.1, 0.15) is 12.4 Å². The normalized spacial score (nSPS) is 16.1. The first kappa shape index (κ1) is 24.4. The number of benzene rings is 2. The molecule has 0 fully saturated rings. The van der Waals surface area contributed by atoms with E-state index in [4.69, 9.17) is 10.5 Å². The van der Waals surface area contributed by atoms with Gasteiger partial charge in [-0.05, 0) is 55.5 Å². The number of amides is 2. The summed E-state index contributed by atoms with van der Waals surface area (Å²) in [6.07, 6.45) is 9.68. The van der Waals surface area contributed by atoms with E-state index in [1.807, 2.05) is 42.5 Å². The van der Waals surface area contributed by atoms with E-state index in [-0.39, 0.29) is 11.8 Å². The lowest BCUT2D eigenvalue weighted by Crippen LogP contribution is -2.41. The summed E-state index contributed by atoms with van der Waals surface area (Å²) < 4.78 is 5.92. The van der Waals surface area contributed by atoms with Crippen LogP contribution >= 0.6 is 0 Å². The molecule has 2 atom stereocenters. The molecule has 33 heavy (non-hydrogen) atoms. The Hall–Kier alpha value is -3.28. The van der Waals surface area contributed by atoms with Crippen LogP contribution in [0.4, 0.5) is 5.69 Å². The summed E-state index contributed by atoms with van der Waals surface area (Å²) in [6.45, 7) is 3.45. The molecule has 6 nitrogen and oxygen atoms in total. The Morgan fingerprint density at radius 3 is 2.61 bits per heavy atom. The summed E-state index contributed by atoms with van der Waals surface area (Å²) in [5.41, 5.74) is 7.48. The number of nitrogens with zero attached hydrogens (tertiary/aromatic N) is 1. The minimum absolute atomic E-state index is 0.174. The van der Waals surface area contributed by atoms with Gasteiger partial charge in [-0.3, -0.25) is 9.59 Å². The Labute approximate surface area is 196 Å². The Bertz CT molecular complexity index is 912. The fraction of sp³-hybridized carbons (Fsp3) is 0.370. The summed E-state index contributed by atoms with van der Waals surface area (Å²) in [5, 5.41) is 2.93. The number of ether oxygens (including phenoxy) is 1. The van der Waals surface area contributed by atoms with Gasteiger partial charge in [0, 0.05) is 30.7 Å². The number of anilines is 1. The Kier molecular flexibility index (Phi) is 9.36. The number of nitrogens with two attached hydrogens (primary N) is 1. The molecule has 0 spiro atoms. The number of rotatable bonds is 12. The van der Waals surface area contributed by atoms with Gasteiger partial charge in [0.25, 0.3) is 0 Å². The summed E-state index contributed by atoms with van der Waals surface area (Å²) in [5.74, 6) is -0.0899. The lowest BCUT2D eigenvalue weighted by atomic mass is 10.0. The van der Waals surface area contributed by atoms with E-state index < -0.39 is 5.91 Å². The quantitative estimate of drug-likeness (QED) is 0.481. The van der Waals surface area contributed by atoms with E-state index >= 15 is 0 Å². The molecule has 6 heteroatoms. The van der Waals surface area contributed by atoms with Crippen LogP contribution in [0.1, 0.15) is 38.2 Å². The second kappa shape index (κ2) is 12.7. The molecule has 0 aliphatic heterocycles. The molecule has 0 bridgehead atoms. The molecule has 1 radical (unpaired) electrons. The lowest BCUT2D eigenvalue weighted by Gasteiger charge is -2.33. The van der Waals surface area contributed by atoms with Crippen LogP contribution < -0.4 is 20.7 Å². The minimum atomic E-state index is -0.398. The largest absolute Gasteiger partial charge is 0.489 e. The summed E-state index contributed by atoms with van der Waals surface area (Å²) in [4.78, 5) is 25.6. The van der Waals surface area contributed by atoms with Crippen molar-refractivity contribution in [1.82, 2.24) is 5.32 Å². The van der Waals surface area contributed by atoms with Gasteiger partial charge < -0.3 is 20.7 Å². The first-order valence-corrected chi connectivity index (χ1v) is 11.6. The zero-order valence-corrected chi connectivity index (χ0v) is 19.3. The maximum absolute atomic E-state index is 12.1. The van der Waals surface area contributed by atoms with Crippen LogP contribution in [0.5, 0.6) is 5.75 Å². The van der Waals surface area contributed by atoms with Gasteiger partial charge >= 0.3 is 0 Å². The number of hydrogen-bond donors (Lipinski definition) is 2. The molecule has 3 rings (SSSR count). The molecule has 2 amide bonds. The molecular weight excluding hydrogens is 414 g/mol. The SMILES string of the molecule is CC(C[CH]C(=O)NCCN(c1ccc(OCc2ccccc2)cc1)C1C=CCCC1)C(N)=O. The van der Waals surface area contributed by atoms with Crippen LogP contribution in [0.3, 0.4) is 0 Å². The summed E-state index contributed by atoms with van der Waals surface area (Å²) >= 11 is 0. The molecule has 0 saturated carbocycles. The smallest absolute Gasteiger partial charge is 0.224 e. The van der Waals surface area contributed by atoms with Gasteiger partial charge in [0.15, 0.2) is 0 Å². The highest BCUT2D eigenvalue weighted by Gasteiger charge is 2.19. The average Bonchev–Trinajstić information content (AvgIpc) is 2.85. The van der Waals surface area contributed by atoms with Crippen LogP contribution in [-0.4, -0.2) is 30.9 Å². The third kappa shape index (κ3) is 7.97. The second-order valence-corrected chi connectivity index (χ2v) is 8.42. The molecule has 175 valence electrons. The van der Waals surface area contributed by atoms with E-state index in [2.05, 4.69) is 34.5 Å². The number of carbonyl (C=O) groups excluding carboxylic acids is 2. The third-order valence-electron chi connectivity index (χ3n) is 5.84. The van der Waals surface area contributed by atoms with Crippen LogP contribution in [0.25, 0.3) is 0 Å². The van der Waals surface area contributed by atoms with Gasteiger partial charge in [-0.2, -0.15) is 0 Å². The highest BCUT2D eigenvalue weighted by Crippen LogP contribution is 2.26. The average molecular weight is 449 g/mol. The highest BCUT2D eigenvalue weighted by molar-refractivity contribution is 5.86. The fourth-order valence-electron chi connectivity index (χ4n) is 3.79. The molecule has 0 saturated heterocycles. The van der Waals surface area contributed by atoms with Crippen LogP contribution in [0.2, 0.25) is 0 Å². The Morgan fingerprint density at radius 1 is 1.18 bits per heavy atom. The molecular formula is C27H34N3O3. The molecule has 0 heterocycles. The van der Waals surface area contributed by atoms with Crippen molar-refractivity contribution in [2.45, 2.75) is 45.3 Å². The van der Waals surface area contributed by atoms with Crippen molar-refractivity contribution in [3.05, 3.63) is 78.7 Å². The van der Waals surface area contributed by atoms with Crippen LogP contribution in [0.15, 0.2) is 66.7 Å². The first-order valence-electron chi connectivity index (χ1n) is 11.6. The van der Waals surface area contributed by atoms with Crippen molar-refractivity contribution in [3.63, 3.8) is 0 Å². The number of hydrogen-bond acceptors (Lipinski definition) is 4. The summed E-state index contributed by atoms with van der Waals surface area (Å²) in [6, 6.07) is 18.5. The number of carbonyl (C=O) groups is 2. The van der Waals surface area contributed by atoms with Crippen molar-refractivity contribution >= 4 is 17.5 Å². The van der Waals surface area contributed by atoms with Gasteiger partial charge in [-0.25, -0.2) is 0 Å². The maximum atomic E-state index is 12.1. The molecule has 0 aromatic heterocycles. The standard InChI is InChI=1S/C27H34N3O3/c1-21(27(28)32)12-17-26(31)29-18-19-30(23-10-6-3-7-11-23)24-13-15-25(16-14-24)33-20-22-8-4-2-5-9-22/h2,4-6,8-10,13-17,21,23H,3,7,11-12,18-20H2,1H3,(H2,28,32)(H,29,31). The van der Waals surface area contributed by atoms with E-state index in [1.165, 1.54) is 6.42 Å².